The highest BCUT2D eigenvalue weighted by Crippen LogP contribution is 2.11. The number of ether oxygens (including phenoxy) is 1. The molecule has 1 aliphatic rings. The van der Waals surface area contributed by atoms with Gasteiger partial charge >= 0.3 is 0 Å². The fourth-order valence-corrected chi connectivity index (χ4v) is 2.77. The number of likely N-dealkylation sites (tertiary alicyclic amines) is 1. The molecule has 0 saturated carbocycles. The first-order chi connectivity index (χ1) is 11.2. The van der Waals surface area contributed by atoms with Crippen LogP contribution in [0.3, 0.4) is 0 Å². The number of hydrogen-bond acceptors (Lipinski definition) is 3. The molecule has 126 valence electrons. The molecule has 0 unspecified atom stereocenters. The van der Waals surface area contributed by atoms with Crippen molar-refractivity contribution in [3.05, 3.63) is 35.4 Å². The molecule has 0 radical (unpaired) electrons. The van der Waals surface area contributed by atoms with Crippen LogP contribution >= 0.6 is 0 Å². The van der Waals surface area contributed by atoms with Crippen molar-refractivity contribution in [2.75, 3.05) is 26.7 Å². The first-order valence-electron chi connectivity index (χ1n) is 8.34. The smallest absolute Gasteiger partial charge is 0.251 e. The minimum atomic E-state index is -0.0730. The summed E-state index contributed by atoms with van der Waals surface area (Å²) in [5.41, 5.74) is 1.69. The molecule has 0 spiro atoms. The van der Waals surface area contributed by atoms with Crippen molar-refractivity contribution >= 4 is 11.8 Å². The van der Waals surface area contributed by atoms with E-state index in [9.17, 15) is 9.59 Å². The van der Waals surface area contributed by atoms with E-state index >= 15 is 0 Å². The Kier molecular flexibility index (Phi) is 7.07. The molecule has 1 fully saturated rings. The zero-order valence-electron chi connectivity index (χ0n) is 13.8. The van der Waals surface area contributed by atoms with Crippen LogP contribution in [0.1, 0.15) is 48.0 Å². The number of methoxy groups -OCH3 is 1. The summed E-state index contributed by atoms with van der Waals surface area (Å²) in [7, 11) is 1.65. The molecule has 1 aliphatic heterocycles. The van der Waals surface area contributed by atoms with Crippen LogP contribution in [-0.4, -0.2) is 43.5 Å². The molecule has 5 heteroatoms. The Labute approximate surface area is 138 Å². The molecule has 2 rings (SSSR count). The van der Waals surface area contributed by atoms with E-state index in [1.165, 1.54) is 0 Å². The van der Waals surface area contributed by atoms with Crippen LogP contribution in [0.5, 0.6) is 0 Å². The van der Waals surface area contributed by atoms with E-state index in [4.69, 9.17) is 4.74 Å². The lowest BCUT2D eigenvalue weighted by atomic mass is 10.1. The van der Waals surface area contributed by atoms with Gasteiger partial charge in [0.2, 0.25) is 5.91 Å². The lowest BCUT2D eigenvalue weighted by Gasteiger charge is -2.20. The van der Waals surface area contributed by atoms with Crippen molar-refractivity contribution in [2.24, 2.45) is 0 Å². The predicted molar refractivity (Wildman–Crippen MR) is 89.2 cm³/mol. The van der Waals surface area contributed by atoms with Gasteiger partial charge in [-0.25, -0.2) is 0 Å². The molecule has 2 amide bonds. The monoisotopic (exact) mass is 318 g/mol. The molecule has 0 bridgehead atoms. The third kappa shape index (κ3) is 5.67. The largest absolute Gasteiger partial charge is 0.380 e. The number of hydrogen-bond donors (Lipinski definition) is 1. The van der Waals surface area contributed by atoms with Gasteiger partial charge in [0.1, 0.15) is 0 Å². The second-order valence-corrected chi connectivity index (χ2v) is 5.93. The minimum absolute atomic E-state index is 0.0730. The molecule has 0 atom stereocenters. The number of carbonyl (C=O) groups is 2. The summed E-state index contributed by atoms with van der Waals surface area (Å²) in [6.07, 6.45) is 4.69. The number of nitrogens with one attached hydrogen (secondary N) is 1. The Hall–Kier alpha value is -1.88. The maximum absolute atomic E-state index is 12.1. The third-order valence-electron chi connectivity index (χ3n) is 4.09. The summed E-state index contributed by atoms with van der Waals surface area (Å²) in [5.74, 6) is 0.179. The van der Waals surface area contributed by atoms with E-state index in [0.29, 0.717) is 25.1 Å². The Morgan fingerprint density at radius 1 is 1.22 bits per heavy atom. The third-order valence-corrected chi connectivity index (χ3v) is 4.09. The fourth-order valence-electron chi connectivity index (χ4n) is 2.77. The first kappa shape index (κ1) is 17.5. The highest BCUT2D eigenvalue weighted by atomic mass is 16.5. The molecule has 1 heterocycles. The van der Waals surface area contributed by atoms with Gasteiger partial charge in [-0.15, -0.1) is 0 Å². The summed E-state index contributed by atoms with van der Waals surface area (Å²) >= 11 is 0. The summed E-state index contributed by atoms with van der Waals surface area (Å²) < 4.78 is 5.05. The molecule has 0 aliphatic carbocycles. The maximum atomic E-state index is 12.1. The van der Waals surface area contributed by atoms with E-state index in [-0.39, 0.29) is 11.8 Å². The van der Waals surface area contributed by atoms with Crippen LogP contribution in [0.25, 0.3) is 0 Å². The van der Waals surface area contributed by atoms with Crippen molar-refractivity contribution < 1.29 is 14.3 Å². The Morgan fingerprint density at radius 3 is 2.74 bits per heavy atom. The van der Waals surface area contributed by atoms with Gasteiger partial charge in [-0.3, -0.25) is 9.59 Å². The second-order valence-electron chi connectivity index (χ2n) is 5.93. The van der Waals surface area contributed by atoms with E-state index in [1.54, 1.807) is 7.11 Å². The lowest BCUT2D eigenvalue weighted by Crippen LogP contribution is -2.34. The van der Waals surface area contributed by atoms with Crippen LogP contribution < -0.4 is 5.32 Å². The van der Waals surface area contributed by atoms with Crippen LogP contribution in [0, 0.1) is 0 Å². The van der Waals surface area contributed by atoms with Gasteiger partial charge in [0.15, 0.2) is 0 Å². The molecule has 23 heavy (non-hydrogen) atoms. The number of benzene rings is 1. The number of rotatable bonds is 7. The molecule has 5 nitrogen and oxygen atoms in total. The number of amides is 2. The van der Waals surface area contributed by atoms with Crippen LogP contribution in [0.2, 0.25) is 0 Å². The average molecular weight is 318 g/mol. The van der Waals surface area contributed by atoms with Gasteiger partial charge in [-0.05, 0) is 37.0 Å². The Morgan fingerprint density at radius 2 is 2.00 bits per heavy atom. The number of carbonyl (C=O) groups excluding carboxylic acids is 2. The van der Waals surface area contributed by atoms with E-state index in [2.05, 4.69) is 5.32 Å². The summed E-state index contributed by atoms with van der Waals surface area (Å²) in [4.78, 5) is 25.9. The van der Waals surface area contributed by atoms with Crippen molar-refractivity contribution in [3.63, 3.8) is 0 Å². The van der Waals surface area contributed by atoms with Gasteiger partial charge in [-0.2, -0.15) is 0 Å². The second kappa shape index (κ2) is 9.30. The average Bonchev–Trinajstić information content (AvgIpc) is 2.77. The first-order valence-corrected chi connectivity index (χ1v) is 8.34. The number of nitrogens with zero attached hydrogens (tertiary/aromatic N) is 1. The molecule has 1 aromatic carbocycles. The predicted octanol–water partition coefficient (Wildman–Crippen LogP) is 2.36. The minimum Gasteiger partial charge on any atom is -0.380 e. The molecule has 1 saturated heterocycles. The van der Waals surface area contributed by atoms with Crippen LogP contribution in [-0.2, 0) is 16.1 Å². The zero-order chi connectivity index (χ0) is 16.5. The SMILES string of the molecule is COCc1ccc(C(=O)NCCCN2CCCCCC2=O)cc1. The van der Waals surface area contributed by atoms with Crippen molar-refractivity contribution in [2.45, 2.75) is 38.7 Å². The van der Waals surface area contributed by atoms with Gasteiger partial charge < -0.3 is 15.0 Å². The van der Waals surface area contributed by atoms with Gasteiger partial charge in [0.05, 0.1) is 6.61 Å². The standard InChI is InChI=1S/C18H26N2O3/c1-23-14-15-7-9-16(10-8-15)18(22)19-11-5-13-20-12-4-2-3-6-17(20)21/h7-10H,2-6,11-14H2,1H3,(H,19,22). The normalized spacial score (nSPS) is 15.3. The lowest BCUT2D eigenvalue weighted by molar-refractivity contribution is -0.130. The van der Waals surface area contributed by atoms with Crippen LogP contribution in [0.4, 0.5) is 0 Å². The van der Waals surface area contributed by atoms with Crippen molar-refractivity contribution in [1.29, 1.82) is 0 Å². The van der Waals surface area contributed by atoms with Crippen molar-refractivity contribution in [1.82, 2.24) is 10.2 Å². The highest BCUT2D eigenvalue weighted by molar-refractivity contribution is 5.94. The highest BCUT2D eigenvalue weighted by Gasteiger charge is 2.15. The molecule has 1 N–H and O–H groups in total. The topological polar surface area (TPSA) is 58.6 Å². The van der Waals surface area contributed by atoms with Crippen LogP contribution in [0.15, 0.2) is 24.3 Å². The Balaban J connectivity index is 1.70. The van der Waals surface area contributed by atoms with E-state index in [1.807, 2.05) is 29.2 Å². The maximum Gasteiger partial charge on any atom is 0.251 e. The van der Waals surface area contributed by atoms with Gasteiger partial charge in [-0.1, -0.05) is 18.6 Å². The van der Waals surface area contributed by atoms with E-state index in [0.717, 1.165) is 44.3 Å². The fraction of sp³-hybridized carbons (Fsp3) is 0.556. The molecular weight excluding hydrogens is 292 g/mol. The van der Waals surface area contributed by atoms with Gasteiger partial charge in [0.25, 0.3) is 5.91 Å². The summed E-state index contributed by atoms with van der Waals surface area (Å²) in [6, 6.07) is 7.41. The molecular formula is C18H26N2O3. The van der Waals surface area contributed by atoms with Gasteiger partial charge in [0, 0.05) is 38.7 Å². The summed E-state index contributed by atoms with van der Waals surface area (Å²) in [6.45, 7) is 2.72. The zero-order valence-corrected chi connectivity index (χ0v) is 13.8. The quantitative estimate of drug-likeness (QED) is 0.785. The van der Waals surface area contributed by atoms with Crippen molar-refractivity contribution in [3.8, 4) is 0 Å². The Bertz CT molecular complexity index is 514. The summed E-state index contributed by atoms with van der Waals surface area (Å²) in [5, 5.41) is 2.91. The van der Waals surface area contributed by atoms with E-state index < -0.39 is 0 Å². The molecule has 1 aromatic rings. The molecule has 0 aromatic heterocycles.